The molecule has 0 radical (unpaired) electrons. The zero-order valence-corrected chi connectivity index (χ0v) is 12.8. The highest BCUT2D eigenvalue weighted by atomic mass is 19.1. The Morgan fingerprint density at radius 1 is 1.43 bits per heavy atom. The molecule has 1 aromatic rings. The predicted octanol–water partition coefficient (Wildman–Crippen LogP) is 3.56. The van der Waals surface area contributed by atoms with Crippen LogP contribution in [0.3, 0.4) is 0 Å². The maximum absolute atomic E-state index is 13.1. The first kappa shape index (κ1) is 16.9. The predicted molar refractivity (Wildman–Crippen MR) is 80.6 cm³/mol. The standard InChI is InChI=1S/C17H20FNO2/c1-5-13(15(19)16(20)21-17(2,3)4)10-9-12-7-6-8-14(18)11-12/h6-8,11,13,19H,5H2,1-4H3/t13-/m0/s1. The van der Waals surface area contributed by atoms with Crippen LogP contribution >= 0.6 is 0 Å². The molecule has 0 fully saturated rings. The maximum atomic E-state index is 13.1. The van der Waals surface area contributed by atoms with Crippen LogP contribution in [-0.4, -0.2) is 17.3 Å². The van der Waals surface area contributed by atoms with Gasteiger partial charge in [-0.05, 0) is 45.4 Å². The second kappa shape index (κ2) is 7.03. The van der Waals surface area contributed by atoms with Gasteiger partial charge in [0.2, 0.25) is 0 Å². The van der Waals surface area contributed by atoms with E-state index in [0.29, 0.717) is 12.0 Å². The first-order chi connectivity index (χ1) is 9.73. The minimum atomic E-state index is -0.664. The van der Waals surface area contributed by atoms with Crippen LogP contribution in [0.15, 0.2) is 24.3 Å². The summed E-state index contributed by atoms with van der Waals surface area (Å²) in [5, 5.41) is 7.89. The molecule has 21 heavy (non-hydrogen) atoms. The lowest BCUT2D eigenvalue weighted by Crippen LogP contribution is -2.31. The van der Waals surface area contributed by atoms with E-state index in [0.717, 1.165) is 0 Å². The molecule has 4 heteroatoms. The fourth-order valence-electron chi connectivity index (χ4n) is 1.59. The first-order valence-corrected chi connectivity index (χ1v) is 6.82. The SMILES string of the molecule is CC[C@@H](C#Cc1cccc(F)c1)C(=N)C(=O)OC(C)(C)C. The lowest BCUT2D eigenvalue weighted by atomic mass is 10.00. The normalized spacial score (nSPS) is 12.0. The van der Waals surface area contributed by atoms with Crippen LogP contribution in [0.2, 0.25) is 0 Å². The third kappa shape index (κ3) is 5.78. The summed E-state index contributed by atoms with van der Waals surface area (Å²) in [6, 6.07) is 5.90. The molecule has 1 N–H and O–H groups in total. The second-order valence-corrected chi connectivity index (χ2v) is 5.66. The van der Waals surface area contributed by atoms with E-state index in [1.165, 1.54) is 12.1 Å². The minimum absolute atomic E-state index is 0.170. The Hall–Kier alpha value is -2.15. The van der Waals surface area contributed by atoms with E-state index in [4.69, 9.17) is 10.1 Å². The van der Waals surface area contributed by atoms with Crippen molar-refractivity contribution in [3.8, 4) is 11.8 Å². The Kier molecular flexibility index (Phi) is 5.66. The van der Waals surface area contributed by atoms with Gasteiger partial charge in [-0.25, -0.2) is 9.18 Å². The van der Waals surface area contributed by atoms with Crippen LogP contribution in [0.4, 0.5) is 4.39 Å². The van der Waals surface area contributed by atoms with E-state index >= 15 is 0 Å². The Morgan fingerprint density at radius 3 is 2.62 bits per heavy atom. The van der Waals surface area contributed by atoms with E-state index < -0.39 is 17.5 Å². The number of carbonyl (C=O) groups excluding carboxylic acids is 1. The molecule has 112 valence electrons. The Labute approximate surface area is 125 Å². The van der Waals surface area contributed by atoms with Crippen LogP contribution in [0.1, 0.15) is 39.7 Å². The van der Waals surface area contributed by atoms with Crippen molar-refractivity contribution in [1.82, 2.24) is 0 Å². The molecular weight excluding hydrogens is 269 g/mol. The summed E-state index contributed by atoms with van der Waals surface area (Å²) in [6.45, 7) is 7.08. The molecule has 0 aliphatic heterocycles. The van der Waals surface area contributed by atoms with Gasteiger partial charge in [-0.15, -0.1) is 0 Å². The second-order valence-electron chi connectivity index (χ2n) is 5.66. The lowest BCUT2D eigenvalue weighted by Gasteiger charge is -2.20. The van der Waals surface area contributed by atoms with E-state index in [2.05, 4.69) is 11.8 Å². The van der Waals surface area contributed by atoms with Crippen LogP contribution < -0.4 is 0 Å². The highest BCUT2D eigenvalue weighted by molar-refractivity contribution is 6.36. The number of benzene rings is 1. The molecule has 0 aliphatic rings. The van der Waals surface area contributed by atoms with Crippen LogP contribution in [0.5, 0.6) is 0 Å². The topological polar surface area (TPSA) is 50.2 Å². The average Bonchev–Trinajstić information content (AvgIpc) is 2.37. The molecule has 0 heterocycles. The first-order valence-electron chi connectivity index (χ1n) is 6.82. The molecule has 0 saturated heterocycles. The van der Waals surface area contributed by atoms with Crippen LogP contribution in [0, 0.1) is 29.0 Å². The number of nitrogens with one attached hydrogen (secondary N) is 1. The van der Waals surface area contributed by atoms with Crippen molar-refractivity contribution in [3.05, 3.63) is 35.6 Å². The molecule has 1 atom stereocenters. The maximum Gasteiger partial charge on any atom is 0.353 e. The molecule has 0 amide bonds. The summed E-state index contributed by atoms with van der Waals surface area (Å²) < 4.78 is 18.2. The van der Waals surface area contributed by atoms with Gasteiger partial charge in [-0.3, -0.25) is 5.41 Å². The van der Waals surface area contributed by atoms with Crippen molar-refractivity contribution < 1.29 is 13.9 Å². The third-order valence-corrected chi connectivity index (χ3v) is 2.59. The summed E-state index contributed by atoms with van der Waals surface area (Å²) in [5.41, 5.74) is -0.292. The third-order valence-electron chi connectivity index (χ3n) is 2.59. The fraction of sp³-hybridized carbons (Fsp3) is 0.412. The summed E-state index contributed by atoms with van der Waals surface area (Å²) in [5.74, 6) is 4.08. The van der Waals surface area contributed by atoms with Gasteiger partial charge in [-0.2, -0.15) is 0 Å². The van der Waals surface area contributed by atoms with E-state index in [-0.39, 0.29) is 11.5 Å². The molecule has 0 unspecified atom stereocenters. The van der Waals surface area contributed by atoms with Gasteiger partial charge in [0.05, 0.1) is 5.92 Å². The van der Waals surface area contributed by atoms with Gasteiger partial charge in [0, 0.05) is 5.56 Å². The number of rotatable bonds is 3. The van der Waals surface area contributed by atoms with Crippen molar-refractivity contribution in [1.29, 1.82) is 5.41 Å². The number of hydrogen-bond donors (Lipinski definition) is 1. The monoisotopic (exact) mass is 289 g/mol. The van der Waals surface area contributed by atoms with Gasteiger partial charge in [0.25, 0.3) is 0 Å². The molecule has 0 saturated carbocycles. The molecule has 1 rings (SSSR count). The zero-order chi connectivity index (χ0) is 16.0. The van der Waals surface area contributed by atoms with Crippen LogP contribution in [0.25, 0.3) is 0 Å². The van der Waals surface area contributed by atoms with Gasteiger partial charge < -0.3 is 4.74 Å². The molecule has 0 bridgehead atoms. The largest absolute Gasteiger partial charge is 0.455 e. The van der Waals surface area contributed by atoms with E-state index in [1.807, 2.05) is 6.92 Å². The van der Waals surface area contributed by atoms with E-state index in [1.54, 1.807) is 32.9 Å². The van der Waals surface area contributed by atoms with Gasteiger partial charge in [-0.1, -0.05) is 24.8 Å². The highest BCUT2D eigenvalue weighted by Crippen LogP contribution is 2.12. The number of halogens is 1. The fourth-order valence-corrected chi connectivity index (χ4v) is 1.59. The molecule has 0 spiro atoms. The Balaban J connectivity index is 2.85. The number of esters is 1. The van der Waals surface area contributed by atoms with Gasteiger partial charge in [0.1, 0.15) is 17.1 Å². The molecular formula is C17H20FNO2. The summed E-state index contributed by atoms with van der Waals surface area (Å²) in [7, 11) is 0. The Morgan fingerprint density at radius 2 is 2.10 bits per heavy atom. The summed E-state index contributed by atoms with van der Waals surface area (Å²) in [4.78, 5) is 11.8. The van der Waals surface area contributed by atoms with Crippen molar-refractivity contribution >= 4 is 11.7 Å². The molecule has 0 aromatic heterocycles. The molecule has 3 nitrogen and oxygen atoms in total. The van der Waals surface area contributed by atoms with E-state index in [9.17, 15) is 9.18 Å². The summed E-state index contributed by atoms with van der Waals surface area (Å²) >= 11 is 0. The van der Waals surface area contributed by atoms with Crippen molar-refractivity contribution in [2.75, 3.05) is 0 Å². The number of carbonyl (C=O) groups is 1. The molecule has 0 aliphatic carbocycles. The lowest BCUT2D eigenvalue weighted by molar-refractivity contribution is -0.146. The zero-order valence-electron chi connectivity index (χ0n) is 12.8. The Bertz CT molecular complexity index is 591. The van der Waals surface area contributed by atoms with Crippen LogP contribution in [-0.2, 0) is 9.53 Å². The number of hydrogen-bond acceptors (Lipinski definition) is 3. The minimum Gasteiger partial charge on any atom is -0.455 e. The highest BCUT2D eigenvalue weighted by Gasteiger charge is 2.24. The smallest absolute Gasteiger partial charge is 0.353 e. The van der Waals surface area contributed by atoms with Gasteiger partial charge in [0.15, 0.2) is 0 Å². The van der Waals surface area contributed by atoms with Crippen molar-refractivity contribution in [3.63, 3.8) is 0 Å². The van der Waals surface area contributed by atoms with Crippen molar-refractivity contribution in [2.24, 2.45) is 5.92 Å². The molecule has 1 aromatic carbocycles. The quantitative estimate of drug-likeness (QED) is 0.525. The summed E-state index contributed by atoms with van der Waals surface area (Å²) in [6.07, 6.45) is 0.514. The van der Waals surface area contributed by atoms with Crippen molar-refractivity contribution in [2.45, 2.75) is 39.7 Å². The number of ether oxygens (including phenoxy) is 1. The average molecular weight is 289 g/mol. The van der Waals surface area contributed by atoms with Gasteiger partial charge >= 0.3 is 5.97 Å².